The maximum absolute atomic E-state index is 12.2. The summed E-state index contributed by atoms with van der Waals surface area (Å²) in [4.78, 5) is 24.3. The molecular weight excluding hydrogens is 520 g/mol. The lowest BCUT2D eigenvalue weighted by Crippen LogP contribution is -2.09. The molecule has 1 rings (SSSR count). The largest absolute Gasteiger partial charge is 0.427 e. The van der Waals surface area contributed by atoms with Gasteiger partial charge >= 0.3 is 11.9 Å². The standard InChI is InChI=1S/C38H66O4/c1-3-5-7-9-11-13-15-17-19-21-23-25-27-29-37(39)41-35-31-33-36(34-32-35)42-38(40)30-28-26-24-22-20-18-16-14-12-10-8-6-4-2/h31-34H,3-30H2,1-2H3. The van der Waals surface area contributed by atoms with Crippen LogP contribution in [0, 0.1) is 0 Å². The number of carbonyl (C=O) groups is 2. The molecule has 0 amide bonds. The number of esters is 2. The van der Waals surface area contributed by atoms with Gasteiger partial charge in [0.15, 0.2) is 0 Å². The second-order valence-electron chi connectivity index (χ2n) is 12.4. The van der Waals surface area contributed by atoms with E-state index in [1.807, 2.05) is 0 Å². The predicted octanol–water partition coefficient (Wildman–Crippen LogP) is 12.5. The quantitative estimate of drug-likeness (QED) is 0.0511. The summed E-state index contributed by atoms with van der Waals surface area (Å²) in [7, 11) is 0. The number of benzene rings is 1. The Labute approximate surface area is 260 Å². The Hall–Kier alpha value is -1.84. The van der Waals surface area contributed by atoms with Crippen LogP contribution in [-0.4, -0.2) is 11.9 Å². The summed E-state index contributed by atoms with van der Waals surface area (Å²) in [5, 5.41) is 0. The molecule has 4 heteroatoms. The van der Waals surface area contributed by atoms with Gasteiger partial charge in [0, 0.05) is 12.8 Å². The fraction of sp³-hybridized carbons (Fsp3) is 0.789. The normalized spacial score (nSPS) is 11.1. The minimum absolute atomic E-state index is 0.190. The van der Waals surface area contributed by atoms with Crippen molar-refractivity contribution >= 4 is 11.9 Å². The van der Waals surface area contributed by atoms with Crippen molar-refractivity contribution in [2.24, 2.45) is 0 Å². The first-order chi connectivity index (χ1) is 20.7. The highest BCUT2D eigenvalue weighted by atomic mass is 16.5. The SMILES string of the molecule is CCCCCCCCCCCCCCCC(=O)Oc1ccc(OC(=O)CCCCCCCCCCCCCCC)cc1. The molecule has 0 aliphatic carbocycles. The molecule has 42 heavy (non-hydrogen) atoms. The predicted molar refractivity (Wildman–Crippen MR) is 178 cm³/mol. The first-order valence-electron chi connectivity index (χ1n) is 18.2. The minimum Gasteiger partial charge on any atom is -0.427 e. The van der Waals surface area contributed by atoms with E-state index in [1.54, 1.807) is 24.3 Å². The zero-order valence-corrected chi connectivity index (χ0v) is 27.7. The molecule has 0 spiro atoms. The van der Waals surface area contributed by atoms with Crippen molar-refractivity contribution in [2.45, 2.75) is 194 Å². The van der Waals surface area contributed by atoms with Crippen molar-refractivity contribution < 1.29 is 19.1 Å². The van der Waals surface area contributed by atoms with Crippen molar-refractivity contribution in [3.05, 3.63) is 24.3 Å². The van der Waals surface area contributed by atoms with Crippen molar-refractivity contribution in [3.8, 4) is 11.5 Å². The summed E-state index contributed by atoms with van der Waals surface area (Å²) in [6.07, 6.45) is 34.4. The highest BCUT2D eigenvalue weighted by Crippen LogP contribution is 2.20. The van der Waals surface area contributed by atoms with Gasteiger partial charge in [0.05, 0.1) is 0 Å². The van der Waals surface area contributed by atoms with Crippen molar-refractivity contribution in [1.29, 1.82) is 0 Å². The summed E-state index contributed by atoms with van der Waals surface area (Å²) < 4.78 is 10.9. The highest BCUT2D eigenvalue weighted by molar-refractivity contribution is 5.73. The number of hydrogen-bond acceptors (Lipinski definition) is 4. The molecule has 0 atom stereocenters. The summed E-state index contributed by atoms with van der Waals surface area (Å²) >= 11 is 0. The monoisotopic (exact) mass is 586 g/mol. The Morgan fingerprint density at radius 3 is 0.833 bits per heavy atom. The summed E-state index contributed by atoms with van der Waals surface area (Å²) in [6.45, 7) is 4.54. The second kappa shape index (κ2) is 29.2. The third-order valence-corrected chi connectivity index (χ3v) is 8.26. The van der Waals surface area contributed by atoms with Gasteiger partial charge in [0.1, 0.15) is 11.5 Å². The summed E-state index contributed by atoms with van der Waals surface area (Å²) in [5.41, 5.74) is 0. The fourth-order valence-corrected chi connectivity index (χ4v) is 5.51. The smallest absolute Gasteiger partial charge is 0.311 e. The van der Waals surface area contributed by atoms with E-state index < -0.39 is 0 Å². The highest BCUT2D eigenvalue weighted by Gasteiger charge is 2.08. The maximum Gasteiger partial charge on any atom is 0.311 e. The van der Waals surface area contributed by atoms with Crippen molar-refractivity contribution in [1.82, 2.24) is 0 Å². The molecule has 0 aliphatic heterocycles. The Morgan fingerprint density at radius 1 is 0.381 bits per heavy atom. The van der Waals surface area contributed by atoms with Crippen molar-refractivity contribution in [2.75, 3.05) is 0 Å². The molecule has 0 aromatic heterocycles. The zero-order chi connectivity index (χ0) is 30.4. The molecule has 0 aliphatic rings. The van der Waals surface area contributed by atoms with Crippen LogP contribution in [0.2, 0.25) is 0 Å². The van der Waals surface area contributed by atoms with Crippen LogP contribution in [0.25, 0.3) is 0 Å². The van der Waals surface area contributed by atoms with Gasteiger partial charge in [0.25, 0.3) is 0 Å². The average molecular weight is 587 g/mol. The van der Waals surface area contributed by atoms with Crippen LogP contribution in [0.4, 0.5) is 0 Å². The molecule has 0 unspecified atom stereocenters. The van der Waals surface area contributed by atoms with Crippen LogP contribution in [0.3, 0.4) is 0 Å². The number of unbranched alkanes of at least 4 members (excludes halogenated alkanes) is 24. The third-order valence-electron chi connectivity index (χ3n) is 8.26. The molecule has 0 fully saturated rings. The first-order valence-corrected chi connectivity index (χ1v) is 18.2. The molecule has 0 N–H and O–H groups in total. The van der Waals surface area contributed by atoms with E-state index in [0.717, 1.165) is 25.7 Å². The van der Waals surface area contributed by atoms with Gasteiger partial charge in [-0.1, -0.05) is 168 Å². The van der Waals surface area contributed by atoms with Crippen LogP contribution in [0.1, 0.15) is 194 Å². The lowest BCUT2D eigenvalue weighted by molar-refractivity contribution is -0.135. The van der Waals surface area contributed by atoms with Crippen LogP contribution < -0.4 is 9.47 Å². The van der Waals surface area contributed by atoms with Crippen molar-refractivity contribution in [3.63, 3.8) is 0 Å². The van der Waals surface area contributed by atoms with Gasteiger partial charge < -0.3 is 9.47 Å². The van der Waals surface area contributed by atoms with E-state index in [2.05, 4.69) is 13.8 Å². The van der Waals surface area contributed by atoms with Crippen LogP contribution in [0.5, 0.6) is 11.5 Å². The summed E-state index contributed by atoms with van der Waals surface area (Å²) in [6, 6.07) is 6.82. The zero-order valence-electron chi connectivity index (χ0n) is 27.7. The number of ether oxygens (including phenoxy) is 2. The third kappa shape index (κ3) is 24.7. The maximum atomic E-state index is 12.2. The molecule has 0 radical (unpaired) electrons. The Kier molecular flexibility index (Phi) is 26.6. The van der Waals surface area contributed by atoms with Gasteiger partial charge in [-0.15, -0.1) is 0 Å². The van der Waals surface area contributed by atoms with Crippen LogP contribution in [0.15, 0.2) is 24.3 Å². The molecule has 0 saturated heterocycles. The second-order valence-corrected chi connectivity index (χ2v) is 12.4. The Bertz CT molecular complexity index is 679. The molecule has 0 saturated carbocycles. The number of carbonyl (C=O) groups excluding carboxylic acids is 2. The van der Waals surface area contributed by atoms with Gasteiger partial charge in [-0.05, 0) is 37.1 Å². The van der Waals surface area contributed by atoms with E-state index in [-0.39, 0.29) is 11.9 Å². The molecule has 242 valence electrons. The van der Waals surface area contributed by atoms with Gasteiger partial charge in [-0.25, -0.2) is 0 Å². The molecule has 0 heterocycles. The van der Waals surface area contributed by atoms with E-state index in [0.29, 0.717) is 24.3 Å². The molecule has 1 aromatic carbocycles. The van der Waals surface area contributed by atoms with Crippen LogP contribution >= 0.6 is 0 Å². The average Bonchev–Trinajstić information content (AvgIpc) is 2.99. The van der Waals surface area contributed by atoms with Gasteiger partial charge in [-0.2, -0.15) is 0 Å². The van der Waals surface area contributed by atoms with Gasteiger partial charge in [-0.3, -0.25) is 9.59 Å². The van der Waals surface area contributed by atoms with E-state index in [1.165, 1.54) is 141 Å². The molecule has 4 nitrogen and oxygen atoms in total. The molecular formula is C38H66O4. The van der Waals surface area contributed by atoms with E-state index >= 15 is 0 Å². The number of rotatable bonds is 30. The summed E-state index contributed by atoms with van der Waals surface area (Å²) in [5.74, 6) is 0.632. The minimum atomic E-state index is -0.190. The van der Waals surface area contributed by atoms with Crippen LogP contribution in [-0.2, 0) is 9.59 Å². The fourth-order valence-electron chi connectivity index (χ4n) is 5.51. The molecule has 1 aromatic rings. The van der Waals surface area contributed by atoms with E-state index in [9.17, 15) is 9.59 Å². The topological polar surface area (TPSA) is 52.6 Å². The lowest BCUT2D eigenvalue weighted by Gasteiger charge is -2.07. The van der Waals surface area contributed by atoms with E-state index in [4.69, 9.17) is 9.47 Å². The van der Waals surface area contributed by atoms with Gasteiger partial charge in [0.2, 0.25) is 0 Å². The first kappa shape index (κ1) is 38.2. The Balaban J connectivity index is 1.96. The molecule has 0 bridgehead atoms. The lowest BCUT2D eigenvalue weighted by atomic mass is 10.0. The Morgan fingerprint density at radius 2 is 0.595 bits per heavy atom. The number of hydrogen-bond donors (Lipinski definition) is 0.